The minimum absolute atomic E-state index is 0.790. The highest BCUT2D eigenvalue weighted by Crippen LogP contribution is 2.38. The van der Waals surface area contributed by atoms with Gasteiger partial charge in [-0.15, -0.1) is 0 Å². The molecule has 1 saturated carbocycles. The van der Waals surface area contributed by atoms with E-state index in [9.17, 15) is 0 Å². The quantitative estimate of drug-likeness (QED) is 0.793. The number of anilines is 2. The van der Waals surface area contributed by atoms with Crippen molar-refractivity contribution in [2.45, 2.75) is 13.3 Å². The summed E-state index contributed by atoms with van der Waals surface area (Å²) in [6.45, 7) is 3.34. The largest absolute Gasteiger partial charge is 0.398 e. The Kier molecular flexibility index (Phi) is 2.39. The minimum Gasteiger partial charge on any atom is -0.398 e. The Labute approximate surface area is 101 Å². The van der Waals surface area contributed by atoms with E-state index < -0.39 is 0 Å². The summed E-state index contributed by atoms with van der Waals surface area (Å²) in [5.74, 6) is 1.70. The highest BCUT2D eigenvalue weighted by molar-refractivity contribution is 5.98. The van der Waals surface area contributed by atoms with Crippen LogP contribution in [-0.2, 0) is 0 Å². The molecule has 0 amide bonds. The Morgan fingerprint density at radius 3 is 3.00 bits per heavy atom. The molecule has 0 saturated heterocycles. The average molecular weight is 227 g/mol. The van der Waals surface area contributed by atoms with Crippen molar-refractivity contribution in [3.63, 3.8) is 0 Å². The molecule has 88 valence electrons. The molecule has 3 nitrogen and oxygen atoms in total. The number of hydrogen-bond donors (Lipinski definition) is 2. The van der Waals surface area contributed by atoms with E-state index in [2.05, 4.69) is 17.2 Å². The van der Waals surface area contributed by atoms with Crippen LogP contribution >= 0.6 is 0 Å². The van der Waals surface area contributed by atoms with Gasteiger partial charge in [0.1, 0.15) is 0 Å². The van der Waals surface area contributed by atoms with Gasteiger partial charge < -0.3 is 11.1 Å². The fraction of sp³-hybridized carbons (Fsp3) is 0.357. The number of nitrogen functional groups attached to an aromatic ring is 1. The van der Waals surface area contributed by atoms with Crippen molar-refractivity contribution < 1.29 is 0 Å². The molecule has 1 fully saturated rings. The van der Waals surface area contributed by atoms with Gasteiger partial charge in [0.2, 0.25) is 0 Å². The van der Waals surface area contributed by atoms with E-state index in [0.717, 1.165) is 40.7 Å². The summed E-state index contributed by atoms with van der Waals surface area (Å²) in [5, 5.41) is 4.52. The Bertz CT molecular complexity index is 550. The number of aromatic nitrogens is 1. The summed E-state index contributed by atoms with van der Waals surface area (Å²) in [6.07, 6.45) is 3.15. The highest BCUT2D eigenvalue weighted by atomic mass is 14.9. The molecule has 2 unspecified atom stereocenters. The van der Waals surface area contributed by atoms with Gasteiger partial charge in [0.25, 0.3) is 0 Å². The summed E-state index contributed by atoms with van der Waals surface area (Å²) in [4.78, 5) is 4.42. The normalized spacial score (nSPS) is 22.6. The summed E-state index contributed by atoms with van der Waals surface area (Å²) < 4.78 is 0. The molecule has 1 aliphatic carbocycles. The van der Waals surface area contributed by atoms with E-state index in [1.54, 1.807) is 0 Å². The Hall–Kier alpha value is -1.77. The van der Waals surface area contributed by atoms with E-state index in [0.29, 0.717) is 0 Å². The molecule has 1 aliphatic rings. The Balaban J connectivity index is 1.90. The predicted octanol–water partition coefficient (Wildman–Crippen LogP) is 2.88. The lowest BCUT2D eigenvalue weighted by atomic mass is 10.1. The number of hydrogen-bond acceptors (Lipinski definition) is 3. The van der Waals surface area contributed by atoms with Crippen molar-refractivity contribution in [2.75, 3.05) is 17.6 Å². The third-order valence-electron chi connectivity index (χ3n) is 3.63. The van der Waals surface area contributed by atoms with Crippen LogP contribution in [0.25, 0.3) is 10.9 Å². The van der Waals surface area contributed by atoms with Crippen molar-refractivity contribution in [1.29, 1.82) is 0 Å². The zero-order valence-corrected chi connectivity index (χ0v) is 9.98. The molecule has 2 aromatic rings. The fourth-order valence-corrected chi connectivity index (χ4v) is 2.26. The minimum atomic E-state index is 0.790. The van der Waals surface area contributed by atoms with Gasteiger partial charge in [0.15, 0.2) is 0 Å². The van der Waals surface area contributed by atoms with Crippen LogP contribution in [0, 0.1) is 11.8 Å². The van der Waals surface area contributed by atoms with E-state index in [-0.39, 0.29) is 0 Å². The van der Waals surface area contributed by atoms with Gasteiger partial charge in [0, 0.05) is 23.8 Å². The van der Waals surface area contributed by atoms with Gasteiger partial charge in [-0.3, -0.25) is 4.98 Å². The number of nitrogens with two attached hydrogens (primary N) is 1. The standard InChI is InChI=1S/C14H17N3/c1-9-7-10(9)8-17-13-5-4-12(15)11-3-2-6-16-14(11)13/h2-6,9-10,17H,7-8,15H2,1H3. The van der Waals surface area contributed by atoms with Crippen LogP contribution in [-0.4, -0.2) is 11.5 Å². The summed E-state index contributed by atoms with van der Waals surface area (Å²) in [5.41, 5.74) is 8.80. The zero-order valence-electron chi connectivity index (χ0n) is 9.98. The Morgan fingerprint density at radius 2 is 2.24 bits per heavy atom. The monoisotopic (exact) mass is 227 g/mol. The number of fused-ring (bicyclic) bond motifs is 1. The van der Waals surface area contributed by atoms with Crippen molar-refractivity contribution in [3.8, 4) is 0 Å². The molecule has 1 aromatic heterocycles. The molecule has 1 aromatic carbocycles. The maximum atomic E-state index is 5.95. The van der Waals surface area contributed by atoms with Crippen molar-refractivity contribution in [3.05, 3.63) is 30.5 Å². The van der Waals surface area contributed by atoms with Gasteiger partial charge in [-0.05, 0) is 42.5 Å². The maximum absolute atomic E-state index is 5.95. The fourth-order valence-electron chi connectivity index (χ4n) is 2.26. The van der Waals surface area contributed by atoms with Gasteiger partial charge >= 0.3 is 0 Å². The van der Waals surface area contributed by atoms with Gasteiger partial charge in [-0.2, -0.15) is 0 Å². The molecule has 0 aliphatic heterocycles. The van der Waals surface area contributed by atoms with Crippen LogP contribution in [0.4, 0.5) is 11.4 Å². The van der Waals surface area contributed by atoms with Crippen LogP contribution in [0.1, 0.15) is 13.3 Å². The Morgan fingerprint density at radius 1 is 1.41 bits per heavy atom. The number of pyridine rings is 1. The van der Waals surface area contributed by atoms with Crippen LogP contribution in [0.3, 0.4) is 0 Å². The van der Waals surface area contributed by atoms with Gasteiger partial charge in [0.05, 0.1) is 11.2 Å². The topological polar surface area (TPSA) is 50.9 Å². The molecule has 3 heteroatoms. The molecule has 0 radical (unpaired) electrons. The third-order valence-corrected chi connectivity index (χ3v) is 3.63. The lowest BCUT2D eigenvalue weighted by Gasteiger charge is -2.10. The summed E-state index contributed by atoms with van der Waals surface area (Å²) in [7, 11) is 0. The van der Waals surface area contributed by atoms with E-state index in [4.69, 9.17) is 5.73 Å². The van der Waals surface area contributed by atoms with Gasteiger partial charge in [-0.25, -0.2) is 0 Å². The first kappa shape index (κ1) is 10.4. The highest BCUT2D eigenvalue weighted by Gasteiger charge is 2.31. The second-order valence-corrected chi connectivity index (χ2v) is 4.96. The van der Waals surface area contributed by atoms with Crippen molar-refractivity contribution in [1.82, 2.24) is 4.98 Å². The van der Waals surface area contributed by atoms with Crippen molar-refractivity contribution >= 4 is 22.3 Å². The van der Waals surface area contributed by atoms with E-state index in [1.807, 2.05) is 30.5 Å². The maximum Gasteiger partial charge on any atom is 0.0953 e. The lowest BCUT2D eigenvalue weighted by molar-refractivity contribution is 0.787. The van der Waals surface area contributed by atoms with E-state index in [1.165, 1.54) is 6.42 Å². The van der Waals surface area contributed by atoms with Crippen LogP contribution < -0.4 is 11.1 Å². The number of benzene rings is 1. The summed E-state index contributed by atoms with van der Waals surface area (Å²) >= 11 is 0. The van der Waals surface area contributed by atoms with Crippen molar-refractivity contribution in [2.24, 2.45) is 11.8 Å². The predicted molar refractivity (Wildman–Crippen MR) is 71.9 cm³/mol. The molecule has 3 rings (SSSR count). The molecule has 17 heavy (non-hydrogen) atoms. The first-order chi connectivity index (χ1) is 8.25. The van der Waals surface area contributed by atoms with E-state index >= 15 is 0 Å². The molecular weight excluding hydrogens is 210 g/mol. The number of nitrogens with one attached hydrogen (secondary N) is 1. The average Bonchev–Trinajstić information content (AvgIpc) is 3.05. The lowest BCUT2D eigenvalue weighted by Crippen LogP contribution is -2.05. The second-order valence-electron chi connectivity index (χ2n) is 4.96. The van der Waals surface area contributed by atoms with Crippen LogP contribution in [0.2, 0.25) is 0 Å². The molecule has 0 bridgehead atoms. The molecule has 1 heterocycles. The van der Waals surface area contributed by atoms with Crippen LogP contribution in [0.15, 0.2) is 30.5 Å². The second kappa shape index (κ2) is 3.91. The molecule has 0 spiro atoms. The first-order valence-corrected chi connectivity index (χ1v) is 6.13. The first-order valence-electron chi connectivity index (χ1n) is 6.13. The number of nitrogens with zero attached hydrogens (tertiary/aromatic N) is 1. The SMILES string of the molecule is CC1CC1CNc1ccc(N)c2cccnc12. The zero-order chi connectivity index (χ0) is 11.8. The molecule has 2 atom stereocenters. The molecular formula is C14H17N3. The van der Waals surface area contributed by atoms with Crippen LogP contribution in [0.5, 0.6) is 0 Å². The third kappa shape index (κ3) is 1.93. The van der Waals surface area contributed by atoms with Gasteiger partial charge in [-0.1, -0.05) is 6.92 Å². The number of rotatable bonds is 3. The summed E-state index contributed by atoms with van der Waals surface area (Å²) in [6, 6.07) is 7.91. The molecule has 3 N–H and O–H groups in total. The smallest absolute Gasteiger partial charge is 0.0953 e.